The summed E-state index contributed by atoms with van der Waals surface area (Å²) >= 11 is 0. The highest BCUT2D eigenvalue weighted by molar-refractivity contribution is 5.81. The Labute approximate surface area is 166 Å². The molecule has 0 spiro atoms. The molecule has 0 aliphatic heterocycles. The first kappa shape index (κ1) is 20.4. The van der Waals surface area contributed by atoms with Gasteiger partial charge in [-0.1, -0.05) is 43.2 Å². The number of rotatable bonds is 7. The van der Waals surface area contributed by atoms with Crippen molar-refractivity contribution in [3.05, 3.63) is 35.9 Å². The molecule has 6 nitrogen and oxygen atoms in total. The fraction of sp³-hybridized carbons (Fsp3) is 0.591. The van der Waals surface area contributed by atoms with Gasteiger partial charge in [0.15, 0.2) is 0 Å². The molecule has 2 fully saturated rings. The van der Waals surface area contributed by atoms with Crippen molar-refractivity contribution in [3.8, 4) is 0 Å². The zero-order chi connectivity index (χ0) is 19.9. The molecule has 0 bridgehead atoms. The zero-order valence-corrected chi connectivity index (χ0v) is 16.2. The van der Waals surface area contributed by atoms with E-state index in [1.54, 1.807) is 24.3 Å². The van der Waals surface area contributed by atoms with E-state index in [0.717, 1.165) is 51.4 Å². The van der Waals surface area contributed by atoms with Gasteiger partial charge < -0.3 is 15.7 Å². The molecule has 0 saturated heterocycles. The third kappa shape index (κ3) is 5.33. The molecule has 3 N–H and O–H groups in total. The van der Waals surface area contributed by atoms with Crippen LogP contribution in [0.5, 0.6) is 0 Å². The number of benzene rings is 1. The van der Waals surface area contributed by atoms with Crippen LogP contribution >= 0.6 is 0 Å². The third-order valence-electron chi connectivity index (χ3n) is 6.15. The molecule has 6 heteroatoms. The highest BCUT2D eigenvalue weighted by Crippen LogP contribution is 2.28. The van der Waals surface area contributed by atoms with E-state index < -0.39 is 11.9 Å². The van der Waals surface area contributed by atoms with Gasteiger partial charge in [0.1, 0.15) is 0 Å². The van der Waals surface area contributed by atoms with E-state index in [9.17, 15) is 19.5 Å². The van der Waals surface area contributed by atoms with Crippen molar-refractivity contribution in [1.29, 1.82) is 0 Å². The number of carbonyl (C=O) groups excluding carboxylic acids is 2. The quantitative estimate of drug-likeness (QED) is 0.671. The third-order valence-corrected chi connectivity index (χ3v) is 6.15. The lowest BCUT2D eigenvalue weighted by Crippen LogP contribution is -2.43. The van der Waals surface area contributed by atoms with Crippen LogP contribution in [0.25, 0.3) is 0 Å². The van der Waals surface area contributed by atoms with Crippen molar-refractivity contribution < 1.29 is 19.5 Å². The van der Waals surface area contributed by atoms with Gasteiger partial charge in [-0.25, -0.2) is 0 Å². The Bertz CT molecular complexity index is 677. The van der Waals surface area contributed by atoms with Crippen molar-refractivity contribution in [2.45, 2.75) is 63.3 Å². The lowest BCUT2D eigenvalue weighted by molar-refractivity contribution is -0.138. The van der Waals surface area contributed by atoms with Gasteiger partial charge in [-0.2, -0.15) is 0 Å². The average Bonchev–Trinajstić information content (AvgIpc) is 3.24. The molecular formula is C22H30N2O4. The minimum atomic E-state index is -0.940. The standard InChI is InChI=1S/C22H30N2O4/c25-20(23-14-19(22(27)28)15-6-2-1-3-7-15)17-10-12-18(13-11-17)24-21(26)16-8-4-5-9-16/h1-3,6-7,16-19H,4-5,8-14H2,(H,23,25)(H,24,26)(H,27,28)/t17?,18?,19-/m1/s1. The molecule has 2 aliphatic carbocycles. The topological polar surface area (TPSA) is 95.5 Å². The highest BCUT2D eigenvalue weighted by Gasteiger charge is 2.30. The summed E-state index contributed by atoms with van der Waals surface area (Å²) in [6.07, 6.45) is 7.34. The van der Waals surface area contributed by atoms with Gasteiger partial charge in [-0.05, 0) is 44.1 Å². The largest absolute Gasteiger partial charge is 0.481 e. The van der Waals surface area contributed by atoms with Gasteiger partial charge in [-0.3, -0.25) is 14.4 Å². The smallest absolute Gasteiger partial charge is 0.312 e. The van der Waals surface area contributed by atoms with Crippen molar-refractivity contribution >= 4 is 17.8 Å². The van der Waals surface area contributed by atoms with Crippen LogP contribution in [0.3, 0.4) is 0 Å². The number of hydrogen-bond donors (Lipinski definition) is 3. The van der Waals surface area contributed by atoms with Crippen LogP contribution in [0.1, 0.15) is 62.8 Å². The van der Waals surface area contributed by atoms with Gasteiger partial charge in [0.05, 0.1) is 5.92 Å². The molecule has 1 aromatic carbocycles. The predicted octanol–water partition coefficient (Wildman–Crippen LogP) is 2.84. The van der Waals surface area contributed by atoms with Crippen LogP contribution in [-0.4, -0.2) is 35.5 Å². The first-order chi connectivity index (χ1) is 13.5. The summed E-state index contributed by atoms with van der Waals surface area (Å²) in [7, 11) is 0. The summed E-state index contributed by atoms with van der Waals surface area (Å²) in [6, 6.07) is 9.13. The summed E-state index contributed by atoms with van der Waals surface area (Å²) < 4.78 is 0. The molecule has 2 saturated carbocycles. The molecule has 28 heavy (non-hydrogen) atoms. The first-order valence-electron chi connectivity index (χ1n) is 10.4. The van der Waals surface area contributed by atoms with Crippen molar-refractivity contribution in [1.82, 2.24) is 10.6 Å². The molecule has 0 radical (unpaired) electrons. The Hall–Kier alpha value is -2.37. The number of nitrogens with one attached hydrogen (secondary N) is 2. The van der Waals surface area contributed by atoms with Gasteiger partial charge in [0.25, 0.3) is 0 Å². The Kier molecular flexibility index (Phi) is 7.06. The van der Waals surface area contributed by atoms with E-state index in [-0.39, 0.29) is 36.2 Å². The SMILES string of the molecule is O=C(NC[C@@H](C(=O)O)c1ccccc1)C1CCC(NC(=O)C2CCCC2)CC1. The maximum absolute atomic E-state index is 12.5. The van der Waals surface area contributed by atoms with Crippen molar-refractivity contribution in [2.24, 2.45) is 11.8 Å². The Balaban J connectivity index is 1.43. The van der Waals surface area contributed by atoms with E-state index in [2.05, 4.69) is 10.6 Å². The van der Waals surface area contributed by atoms with Gasteiger partial charge in [0.2, 0.25) is 11.8 Å². The molecular weight excluding hydrogens is 356 g/mol. The molecule has 1 aromatic rings. The predicted molar refractivity (Wildman–Crippen MR) is 106 cm³/mol. The van der Waals surface area contributed by atoms with Gasteiger partial charge in [-0.15, -0.1) is 0 Å². The normalized spacial score (nSPS) is 23.7. The van der Waals surface area contributed by atoms with Gasteiger partial charge >= 0.3 is 5.97 Å². The molecule has 2 amide bonds. The molecule has 1 atom stereocenters. The number of aliphatic carboxylic acids is 1. The van der Waals surface area contributed by atoms with Crippen LogP contribution in [-0.2, 0) is 14.4 Å². The summed E-state index contributed by atoms with van der Waals surface area (Å²) in [4.78, 5) is 36.3. The molecule has 3 rings (SSSR count). The van der Waals surface area contributed by atoms with Crippen LogP contribution in [0.2, 0.25) is 0 Å². The second-order valence-corrected chi connectivity index (χ2v) is 8.09. The van der Waals surface area contributed by atoms with Crippen LogP contribution in [0.15, 0.2) is 30.3 Å². The number of carbonyl (C=O) groups is 3. The maximum atomic E-state index is 12.5. The molecule has 0 aromatic heterocycles. The molecule has 0 heterocycles. The monoisotopic (exact) mass is 386 g/mol. The number of carboxylic acids is 1. The minimum Gasteiger partial charge on any atom is -0.481 e. The van der Waals surface area contributed by atoms with E-state index in [1.165, 1.54) is 0 Å². The Morgan fingerprint density at radius 2 is 1.50 bits per heavy atom. The number of hydrogen-bond acceptors (Lipinski definition) is 3. The molecule has 2 aliphatic rings. The fourth-order valence-electron chi connectivity index (χ4n) is 4.39. The van der Waals surface area contributed by atoms with E-state index >= 15 is 0 Å². The second-order valence-electron chi connectivity index (χ2n) is 8.09. The Morgan fingerprint density at radius 1 is 0.893 bits per heavy atom. The molecule has 152 valence electrons. The fourth-order valence-corrected chi connectivity index (χ4v) is 4.39. The molecule has 0 unspecified atom stereocenters. The summed E-state index contributed by atoms with van der Waals surface area (Å²) in [5.41, 5.74) is 0.689. The first-order valence-corrected chi connectivity index (χ1v) is 10.4. The number of amides is 2. The summed E-state index contributed by atoms with van der Waals surface area (Å²) in [5.74, 6) is -1.52. The minimum absolute atomic E-state index is 0.0808. The zero-order valence-electron chi connectivity index (χ0n) is 16.2. The van der Waals surface area contributed by atoms with Crippen LogP contribution < -0.4 is 10.6 Å². The van der Waals surface area contributed by atoms with E-state index in [1.807, 2.05) is 6.07 Å². The average molecular weight is 386 g/mol. The van der Waals surface area contributed by atoms with Crippen LogP contribution in [0, 0.1) is 11.8 Å². The van der Waals surface area contributed by atoms with E-state index in [4.69, 9.17) is 0 Å². The highest BCUT2D eigenvalue weighted by atomic mass is 16.4. The van der Waals surface area contributed by atoms with Crippen molar-refractivity contribution in [3.63, 3.8) is 0 Å². The summed E-state index contributed by atoms with van der Waals surface area (Å²) in [5, 5.41) is 15.5. The van der Waals surface area contributed by atoms with Gasteiger partial charge in [0, 0.05) is 24.4 Å². The van der Waals surface area contributed by atoms with Crippen molar-refractivity contribution in [2.75, 3.05) is 6.54 Å². The summed E-state index contributed by atoms with van der Waals surface area (Å²) in [6.45, 7) is 0.0938. The van der Waals surface area contributed by atoms with Crippen LogP contribution in [0.4, 0.5) is 0 Å². The van der Waals surface area contributed by atoms with E-state index in [0.29, 0.717) is 5.56 Å². The second kappa shape index (κ2) is 9.71. The Morgan fingerprint density at radius 3 is 2.11 bits per heavy atom. The maximum Gasteiger partial charge on any atom is 0.312 e. The lowest BCUT2D eigenvalue weighted by Gasteiger charge is -2.29. The number of carboxylic acid groups (broad SMARTS) is 1. The lowest BCUT2D eigenvalue weighted by atomic mass is 9.85.